The van der Waals surface area contributed by atoms with E-state index in [2.05, 4.69) is 13.8 Å². The van der Waals surface area contributed by atoms with Crippen LogP contribution >= 0.6 is 0 Å². The number of alkyl halides is 3. The van der Waals surface area contributed by atoms with Crippen molar-refractivity contribution >= 4 is 0 Å². The first-order valence-corrected chi connectivity index (χ1v) is 8.56. The van der Waals surface area contributed by atoms with Crippen LogP contribution in [0.1, 0.15) is 97.3 Å². The quantitative estimate of drug-likeness (QED) is 0.313. The molecule has 0 amide bonds. The van der Waals surface area contributed by atoms with Crippen LogP contribution in [0.15, 0.2) is 0 Å². The van der Waals surface area contributed by atoms with E-state index in [-0.39, 0.29) is 5.92 Å². The third-order valence-corrected chi connectivity index (χ3v) is 3.95. The van der Waals surface area contributed by atoms with Crippen LogP contribution in [-0.2, 0) is 0 Å². The summed E-state index contributed by atoms with van der Waals surface area (Å²) in [6.45, 7) is 4.31. The van der Waals surface area contributed by atoms with Crippen molar-refractivity contribution in [1.29, 1.82) is 0 Å². The second-order valence-corrected chi connectivity index (χ2v) is 6.09. The molecular weight excluding hydrogens is 261 g/mol. The van der Waals surface area contributed by atoms with Crippen molar-refractivity contribution in [2.24, 2.45) is 5.92 Å². The third-order valence-electron chi connectivity index (χ3n) is 3.95. The lowest BCUT2D eigenvalue weighted by Crippen LogP contribution is -2.15. The molecule has 0 nitrogen and oxygen atoms in total. The molecule has 0 saturated carbocycles. The van der Waals surface area contributed by atoms with E-state index in [1.165, 1.54) is 38.5 Å². The maximum Gasteiger partial charge on any atom is 0.389 e. The Labute approximate surface area is 123 Å². The molecule has 0 aromatic heterocycles. The van der Waals surface area contributed by atoms with Gasteiger partial charge < -0.3 is 0 Å². The molecule has 0 saturated heterocycles. The summed E-state index contributed by atoms with van der Waals surface area (Å²) >= 11 is 0. The van der Waals surface area contributed by atoms with Gasteiger partial charge in [0.25, 0.3) is 0 Å². The predicted octanol–water partition coefficient (Wildman–Crippen LogP) is 7.28. The Balaban J connectivity index is 3.83. The molecule has 0 aromatic rings. The number of halogens is 3. The highest BCUT2D eigenvalue weighted by Gasteiger charge is 2.31. The molecule has 0 atom stereocenters. The molecule has 122 valence electrons. The molecule has 0 fully saturated rings. The first-order chi connectivity index (χ1) is 9.49. The van der Waals surface area contributed by atoms with E-state index in [0.717, 1.165) is 38.5 Å². The van der Waals surface area contributed by atoms with Crippen LogP contribution in [0, 0.1) is 5.92 Å². The zero-order valence-corrected chi connectivity index (χ0v) is 13.4. The SMILES string of the molecule is CCCCCCCC(CCCCCCC)CC(F)(F)F. The van der Waals surface area contributed by atoms with Gasteiger partial charge in [-0.1, -0.05) is 90.9 Å². The standard InChI is InChI=1S/C17H33F3/c1-3-5-7-9-11-13-16(15-17(18,19)20)14-12-10-8-6-4-2/h16H,3-15H2,1-2H3. The zero-order chi connectivity index (χ0) is 15.3. The minimum atomic E-state index is -3.99. The van der Waals surface area contributed by atoms with Crippen LogP contribution in [-0.4, -0.2) is 6.18 Å². The summed E-state index contributed by atoms with van der Waals surface area (Å²) < 4.78 is 37.7. The summed E-state index contributed by atoms with van der Waals surface area (Å²) in [7, 11) is 0. The Kier molecular flexibility index (Phi) is 12.4. The lowest BCUT2D eigenvalue weighted by atomic mass is 9.91. The molecule has 0 aliphatic heterocycles. The minimum absolute atomic E-state index is 0.141. The van der Waals surface area contributed by atoms with E-state index < -0.39 is 12.6 Å². The average molecular weight is 294 g/mol. The number of rotatable bonds is 13. The average Bonchev–Trinajstić information content (AvgIpc) is 2.36. The van der Waals surface area contributed by atoms with Crippen LogP contribution in [0.4, 0.5) is 13.2 Å². The fourth-order valence-electron chi connectivity index (χ4n) is 2.75. The monoisotopic (exact) mass is 294 g/mol. The predicted molar refractivity (Wildman–Crippen MR) is 80.9 cm³/mol. The summed E-state index contributed by atoms with van der Waals surface area (Å²) in [6.07, 6.45) is 8.22. The molecule has 0 N–H and O–H groups in total. The fourth-order valence-corrected chi connectivity index (χ4v) is 2.75. The van der Waals surface area contributed by atoms with Crippen molar-refractivity contribution in [3.05, 3.63) is 0 Å². The summed E-state index contributed by atoms with van der Waals surface area (Å²) in [5.74, 6) is -0.141. The third kappa shape index (κ3) is 14.2. The summed E-state index contributed by atoms with van der Waals surface area (Å²) in [4.78, 5) is 0. The van der Waals surface area contributed by atoms with Gasteiger partial charge in [-0.3, -0.25) is 0 Å². The Bertz CT molecular complexity index is 185. The maximum absolute atomic E-state index is 12.6. The van der Waals surface area contributed by atoms with E-state index in [4.69, 9.17) is 0 Å². The number of hydrogen-bond acceptors (Lipinski definition) is 0. The molecule has 0 unspecified atom stereocenters. The van der Waals surface area contributed by atoms with Gasteiger partial charge >= 0.3 is 6.18 Å². The summed E-state index contributed by atoms with van der Waals surface area (Å²) in [5, 5.41) is 0. The largest absolute Gasteiger partial charge is 0.389 e. The fraction of sp³-hybridized carbons (Fsp3) is 1.00. The van der Waals surface area contributed by atoms with Gasteiger partial charge in [0.05, 0.1) is 0 Å². The molecule has 0 spiro atoms. The molecule has 0 aromatic carbocycles. The van der Waals surface area contributed by atoms with Crippen molar-refractivity contribution in [2.75, 3.05) is 0 Å². The van der Waals surface area contributed by atoms with Crippen molar-refractivity contribution in [1.82, 2.24) is 0 Å². The van der Waals surface area contributed by atoms with Gasteiger partial charge in [-0.2, -0.15) is 13.2 Å². The van der Waals surface area contributed by atoms with Crippen LogP contribution in [0.2, 0.25) is 0 Å². The molecule has 0 aliphatic rings. The van der Waals surface area contributed by atoms with E-state index >= 15 is 0 Å². The van der Waals surface area contributed by atoms with Crippen LogP contribution < -0.4 is 0 Å². The first-order valence-electron chi connectivity index (χ1n) is 8.56. The van der Waals surface area contributed by atoms with Crippen molar-refractivity contribution in [3.8, 4) is 0 Å². The van der Waals surface area contributed by atoms with Gasteiger partial charge in [-0.15, -0.1) is 0 Å². The number of hydrogen-bond donors (Lipinski definition) is 0. The molecule has 0 radical (unpaired) electrons. The molecule has 0 bridgehead atoms. The van der Waals surface area contributed by atoms with E-state index in [0.29, 0.717) is 0 Å². The topological polar surface area (TPSA) is 0 Å². The molecule has 3 heteroatoms. The van der Waals surface area contributed by atoms with Gasteiger partial charge in [0.1, 0.15) is 0 Å². The number of unbranched alkanes of at least 4 members (excludes halogenated alkanes) is 8. The van der Waals surface area contributed by atoms with Crippen molar-refractivity contribution in [3.63, 3.8) is 0 Å². The lowest BCUT2D eigenvalue weighted by Gasteiger charge is -2.18. The second-order valence-electron chi connectivity index (χ2n) is 6.09. The lowest BCUT2D eigenvalue weighted by molar-refractivity contribution is -0.145. The highest BCUT2D eigenvalue weighted by Crippen LogP contribution is 2.31. The van der Waals surface area contributed by atoms with Crippen LogP contribution in [0.25, 0.3) is 0 Å². The van der Waals surface area contributed by atoms with Gasteiger partial charge in [-0.25, -0.2) is 0 Å². The molecule has 0 aliphatic carbocycles. The minimum Gasteiger partial charge on any atom is -0.171 e. The first kappa shape index (κ1) is 19.8. The molecule has 0 heterocycles. The van der Waals surface area contributed by atoms with Crippen LogP contribution in [0.3, 0.4) is 0 Å². The van der Waals surface area contributed by atoms with Crippen molar-refractivity contribution in [2.45, 2.75) is 103 Å². The Morgan fingerprint density at radius 1 is 0.650 bits per heavy atom. The van der Waals surface area contributed by atoms with E-state index in [1.54, 1.807) is 0 Å². The van der Waals surface area contributed by atoms with E-state index in [9.17, 15) is 13.2 Å². The Morgan fingerprint density at radius 2 is 1.05 bits per heavy atom. The zero-order valence-electron chi connectivity index (χ0n) is 13.4. The smallest absolute Gasteiger partial charge is 0.171 e. The molecular formula is C17H33F3. The van der Waals surface area contributed by atoms with Crippen LogP contribution in [0.5, 0.6) is 0 Å². The summed E-state index contributed by atoms with van der Waals surface area (Å²) in [5.41, 5.74) is 0. The normalized spacial score (nSPS) is 12.3. The van der Waals surface area contributed by atoms with Gasteiger partial charge in [0, 0.05) is 6.42 Å². The molecule has 0 rings (SSSR count). The second kappa shape index (κ2) is 12.5. The van der Waals surface area contributed by atoms with Gasteiger partial charge in [0.2, 0.25) is 0 Å². The highest BCUT2D eigenvalue weighted by atomic mass is 19.4. The maximum atomic E-state index is 12.6. The molecule has 20 heavy (non-hydrogen) atoms. The van der Waals surface area contributed by atoms with Gasteiger partial charge in [0.15, 0.2) is 0 Å². The summed E-state index contributed by atoms with van der Waals surface area (Å²) in [6, 6.07) is 0. The Hall–Kier alpha value is -0.210. The van der Waals surface area contributed by atoms with Gasteiger partial charge in [-0.05, 0) is 5.92 Å². The van der Waals surface area contributed by atoms with E-state index in [1.807, 2.05) is 0 Å². The Morgan fingerprint density at radius 3 is 1.40 bits per heavy atom. The highest BCUT2D eigenvalue weighted by molar-refractivity contribution is 4.65. The van der Waals surface area contributed by atoms with Crippen molar-refractivity contribution < 1.29 is 13.2 Å².